The minimum atomic E-state index is -0.193. The van der Waals surface area contributed by atoms with Gasteiger partial charge in [0.2, 0.25) is 0 Å². The molecule has 0 amide bonds. The van der Waals surface area contributed by atoms with Crippen LogP contribution in [0, 0.1) is 5.92 Å². The molecule has 0 aliphatic heterocycles. The van der Waals surface area contributed by atoms with Crippen LogP contribution in [-0.4, -0.2) is 4.87 Å². The van der Waals surface area contributed by atoms with Gasteiger partial charge in [0.25, 0.3) is 0 Å². The summed E-state index contributed by atoms with van der Waals surface area (Å²) >= 11 is 6.81. The molecular formula is C13H17Cl. The third-order valence-electron chi connectivity index (χ3n) is 3.33. The molecule has 0 spiro atoms. The maximum Gasteiger partial charge on any atom is 0.0893 e. The number of hydrogen-bond donors (Lipinski definition) is 0. The Bertz CT molecular complexity index is 294. The Kier molecular flexibility index (Phi) is 2.57. The van der Waals surface area contributed by atoms with Gasteiger partial charge in [-0.05, 0) is 36.3 Å². The smallest absolute Gasteiger partial charge is 0.0893 e. The molecule has 0 nitrogen and oxygen atoms in total. The lowest BCUT2D eigenvalue weighted by Gasteiger charge is -2.39. The van der Waals surface area contributed by atoms with E-state index in [1.54, 1.807) is 0 Å². The molecule has 1 fully saturated rings. The summed E-state index contributed by atoms with van der Waals surface area (Å²) in [6.07, 6.45) is 12.2. The maximum absolute atomic E-state index is 6.81. The lowest BCUT2D eigenvalue weighted by atomic mass is 9.73. The lowest BCUT2D eigenvalue weighted by Crippen LogP contribution is -2.35. The molecule has 2 bridgehead atoms. The van der Waals surface area contributed by atoms with Gasteiger partial charge in [-0.1, -0.05) is 38.2 Å². The zero-order chi connectivity index (χ0) is 10.2. The summed E-state index contributed by atoms with van der Waals surface area (Å²) < 4.78 is 0. The second-order valence-corrected chi connectivity index (χ2v) is 5.08. The predicted octanol–water partition coefficient (Wildman–Crippen LogP) is 4.23. The SMILES string of the molecule is CC(C)C1(Cl)C2=CC=CC=C1CCC2. The lowest BCUT2D eigenvalue weighted by molar-refractivity contribution is 0.473. The Morgan fingerprint density at radius 1 is 1.14 bits per heavy atom. The van der Waals surface area contributed by atoms with Gasteiger partial charge in [-0.3, -0.25) is 0 Å². The topological polar surface area (TPSA) is 0 Å². The van der Waals surface area contributed by atoms with Crippen LogP contribution in [0.1, 0.15) is 33.1 Å². The fourth-order valence-corrected chi connectivity index (χ4v) is 2.85. The van der Waals surface area contributed by atoms with Crippen molar-refractivity contribution in [2.24, 2.45) is 5.92 Å². The summed E-state index contributed by atoms with van der Waals surface area (Å²) in [7, 11) is 0. The molecule has 0 atom stereocenters. The zero-order valence-electron chi connectivity index (χ0n) is 8.89. The van der Waals surface area contributed by atoms with E-state index in [0.717, 1.165) is 12.8 Å². The summed E-state index contributed by atoms with van der Waals surface area (Å²) in [5.41, 5.74) is 2.81. The van der Waals surface area contributed by atoms with E-state index in [4.69, 9.17) is 11.6 Å². The first-order valence-electron chi connectivity index (χ1n) is 5.42. The molecule has 2 aliphatic rings. The number of alkyl halides is 1. The number of rotatable bonds is 1. The molecule has 0 unspecified atom stereocenters. The highest BCUT2D eigenvalue weighted by molar-refractivity contribution is 6.28. The average Bonchev–Trinajstić information content (AvgIpc) is 2.25. The highest BCUT2D eigenvalue weighted by Gasteiger charge is 2.40. The van der Waals surface area contributed by atoms with Crippen molar-refractivity contribution in [1.82, 2.24) is 0 Å². The van der Waals surface area contributed by atoms with Gasteiger partial charge in [-0.2, -0.15) is 0 Å². The third-order valence-corrected chi connectivity index (χ3v) is 4.25. The summed E-state index contributed by atoms with van der Waals surface area (Å²) in [6.45, 7) is 4.43. The molecule has 0 radical (unpaired) electrons. The molecule has 0 heterocycles. The number of halogens is 1. The second-order valence-electron chi connectivity index (χ2n) is 4.49. The average molecular weight is 209 g/mol. The van der Waals surface area contributed by atoms with Crippen molar-refractivity contribution >= 4 is 11.6 Å². The second kappa shape index (κ2) is 3.58. The Balaban J connectivity index is 2.50. The van der Waals surface area contributed by atoms with Crippen molar-refractivity contribution in [2.45, 2.75) is 38.0 Å². The Morgan fingerprint density at radius 3 is 2.07 bits per heavy atom. The van der Waals surface area contributed by atoms with Crippen molar-refractivity contribution in [3.05, 3.63) is 35.5 Å². The zero-order valence-corrected chi connectivity index (χ0v) is 9.64. The first kappa shape index (κ1) is 10.0. The van der Waals surface area contributed by atoms with Gasteiger partial charge in [0.1, 0.15) is 0 Å². The van der Waals surface area contributed by atoms with Crippen LogP contribution in [0.25, 0.3) is 0 Å². The first-order chi connectivity index (χ1) is 6.65. The van der Waals surface area contributed by atoms with Gasteiger partial charge in [-0.25, -0.2) is 0 Å². The van der Waals surface area contributed by atoms with Crippen LogP contribution in [0.5, 0.6) is 0 Å². The fraction of sp³-hybridized carbons (Fsp3) is 0.538. The van der Waals surface area contributed by atoms with Gasteiger partial charge in [-0.15, -0.1) is 11.6 Å². The summed E-state index contributed by atoms with van der Waals surface area (Å²) in [5, 5.41) is 0. The molecular weight excluding hydrogens is 192 g/mol. The van der Waals surface area contributed by atoms with Crippen molar-refractivity contribution in [3.8, 4) is 0 Å². The van der Waals surface area contributed by atoms with Crippen molar-refractivity contribution in [3.63, 3.8) is 0 Å². The van der Waals surface area contributed by atoms with Crippen LogP contribution in [-0.2, 0) is 0 Å². The number of hydrogen-bond acceptors (Lipinski definition) is 0. The number of allylic oxidation sites excluding steroid dienone is 6. The normalized spacial score (nSPS) is 24.3. The molecule has 76 valence electrons. The molecule has 2 rings (SSSR count). The molecule has 14 heavy (non-hydrogen) atoms. The third kappa shape index (κ3) is 1.37. The van der Waals surface area contributed by atoms with Crippen LogP contribution in [0.2, 0.25) is 0 Å². The van der Waals surface area contributed by atoms with E-state index >= 15 is 0 Å². The molecule has 1 saturated carbocycles. The van der Waals surface area contributed by atoms with Crippen LogP contribution in [0.15, 0.2) is 35.5 Å². The minimum absolute atomic E-state index is 0.193. The number of fused-ring (bicyclic) bond motifs is 2. The minimum Gasteiger partial charge on any atom is -0.109 e. The quantitative estimate of drug-likeness (QED) is 0.566. The Labute approximate surface area is 91.3 Å². The van der Waals surface area contributed by atoms with E-state index < -0.39 is 0 Å². The highest BCUT2D eigenvalue weighted by atomic mass is 35.5. The monoisotopic (exact) mass is 208 g/mol. The fourth-order valence-electron chi connectivity index (χ4n) is 2.53. The van der Waals surface area contributed by atoms with Crippen molar-refractivity contribution in [1.29, 1.82) is 0 Å². The van der Waals surface area contributed by atoms with Gasteiger partial charge in [0, 0.05) is 0 Å². The predicted molar refractivity (Wildman–Crippen MR) is 62.6 cm³/mol. The van der Waals surface area contributed by atoms with Crippen LogP contribution in [0.4, 0.5) is 0 Å². The molecule has 2 aliphatic carbocycles. The van der Waals surface area contributed by atoms with Gasteiger partial charge >= 0.3 is 0 Å². The maximum atomic E-state index is 6.81. The Morgan fingerprint density at radius 2 is 1.64 bits per heavy atom. The molecule has 0 N–H and O–H groups in total. The van der Waals surface area contributed by atoms with E-state index in [-0.39, 0.29) is 4.87 Å². The van der Waals surface area contributed by atoms with E-state index in [1.165, 1.54) is 17.6 Å². The van der Waals surface area contributed by atoms with Crippen LogP contribution in [0.3, 0.4) is 0 Å². The molecule has 0 aromatic heterocycles. The molecule has 0 aromatic rings. The van der Waals surface area contributed by atoms with E-state index in [9.17, 15) is 0 Å². The van der Waals surface area contributed by atoms with E-state index in [1.807, 2.05) is 0 Å². The van der Waals surface area contributed by atoms with E-state index in [2.05, 4.69) is 38.2 Å². The van der Waals surface area contributed by atoms with Crippen LogP contribution >= 0.6 is 11.6 Å². The van der Waals surface area contributed by atoms with Gasteiger partial charge in [0.05, 0.1) is 4.87 Å². The van der Waals surface area contributed by atoms with Crippen LogP contribution < -0.4 is 0 Å². The van der Waals surface area contributed by atoms with Gasteiger partial charge < -0.3 is 0 Å². The summed E-state index contributed by atoms with van der Waals surface area (Å²) in [4.78, 5) is -0.193. The van der Waals surface area contributed by atoms with Crippen molar-refractivity contribution < 1.29 is 0 Å². The summed E-state index contributed by atoms with van der Waals surface area (Å²) in [6, 6.07) is 0. The van der Waals surface area contributed by atoms with E-state index in [0.29, 0.717) is 5.92 Å². The Hall–Kier alpha value is -0.490. The summed E-state index contributed by atoms with van der Waals surface area (Å²) in [5.74, 6) is 0.474. The largest absolute Gasteiger partial charge is 0.109 e. The molecule has 0 aromatic carbocycles. The van der Waals surface area contributed by atoms with Crippen molar-refractivity contribution in [2.75, 3.05) is 0 Å². The van der Waals surface area contributed by atoms with Gasteiger partial charge in [0.15, 0.2) is 0 Å². The molecule has 1 heteroatoms. The standard InChI is InChI=1S/C13H17Cl/c1-10(2)13(14)11-6-3-4-7-12(13)9-5-8-11/h3-4,6-7,10H,5,8-9H2,1-2H3. The molecule has 0 saturated heterocycles. The first-order valence-corrected chi connectivity index (χ1v) is 5.79. The highest BCUT2D eigenvalue weighted by Crippen LogP contribution is 2.48.